The van der Waals surface area contributed by atoms with Crippen LogP contribution in [0.1, 0.15) is 21.5 Å². The summed E-state index contributed by atoms with van der Waals surface area (Å²) in [4.78, 5) is 25.5. The fourth-order valence-corrected chi connectivity index (χ4v) is 3.67. The van der Waals surface area contributed by atoms with E-state index in [1.54, 1.807) is 30.3 Å². The molecule has 1 fully saturated rings. The summed E-state index contributed by atoms with van der Waals surface area (Å²) in [5.74, 6) is -0.518. The summed E-state index contributed by atoms with van der Waals surface area (Å²) < 4.78 is 5.30. The van der Waals surface area contributed by atoms with Gasteiger partial charge in [-0.1, -0.05) is 36.0 Å². The number of thiocarbonyl (C=S) groups is 1. The number of hydrazine groups is 1. The molecule has 6 nitrogen and oxygen atoms in total. The lowest BCUT2D eigenvalue weighted by Crippen LogP contribution is -2.45. The molecule has 3 rings (SSSR count). The first-order chi connectivity index (χ1) is 12.9. The third-order valence-corrected chi connectivity index (χ3v) is 5.20. The molecule has 0 aliphatic carbocycles. The largest absolute Gasteiger partial charge is 0.504 e. The molecule has 2 aromatic rings. The van der Waals surface area contributed by atoms with Crippen LogP contribution in [-0.4, -0.2) is 33.4 Å². The standard InChI is InChI=1S/C19H16N2O4S2/c1-11-5-3-4-6-13(11)17(23)20-21-18(24)16(27-19(21)26)10-12-7-8-14(22)15(9-12)25-2/h3-10,22H,1-2H3,(H,20,23)/b16-10-. The van der Waals surface area contributed by atoms with Crippen molar-refractivity contribution in [2.24, 2.45) is 0 Å². The number of ether oxygens (including phenoxy) is 1. The number of phenolic OH excluding ortho intramolecular Hbond substituents is 1. The highest BCUT2D eigenvalue weighted by atomic mass is 32.2. The van der Waals surface area contributed by atoms with E-state index in [9.17, 15) is 14.7 Å². The van der Waals surface area contributed by atoms with Crippen molar-refractivity contribution in [1.29, 1.82) is 0 Å². The molecule has 0 radical (unpaired) electrons. The maximum absolute atomic E-state index is 12.6. The number of carbonyl (C=O) groups excluding carboxylic acids is 2. The summed E-state index contributed by atoms with van der Waals surface area (Å²) >= 11 is 6.32. The van der Waals surface area contributed by atoms with Gasteiger partial charge in [-0.2, -0.15) is 5.01 Å². The van der Waals surface area contributed by atoms with Gasteiger partial charge in [0.1, 0.15) is 0 Å². The van der Waals surface area contributed by atoms with Crippen LogP contribution in [-0.2, 0) is 4.79 Å². The second-order valence-corrected chi connectivity index (χ2v) is 7.38. The maximum atomic E-state index is 12.6. The molecular formula is C19H16N2O4S2. The molecule has 2 aromatic carbocycles. The summed E-state index contributed by atoms with van der Waals surface area (Å²) in [7, 11) is 1.44. The topological polar surface area (TPSA) is 78.9 Å². The Kier molecular flexibility index (Phi) is 5.48. The lowest BCUT2D eigenvalue weighted by atomic mass is 10.1. The number of methoxy groups -OCH3 is 1. The number of benzene rings is 2. The number of hydrogen-bond donors (Lipinski definition) is 2. The number of amides is 2. The quantitative estimate of drug-likeness (QED) is 0.606. The summed E-state index contributed by atoms with van der Waals surface area (Å²) in [5, 5.41) is 10.7. The highest BCUT2D eigenvalue weighted by Crippen LogP contribution is 2.33. The van der Waals surface area contributed by atoms with Crippen molar-refractivity contribution in [1.82, 2.24) is 10.4 Å². The van der Waals surface area contributed by atoms with Gasteiger partial charge in [0, 0.05) is 5.56 Å². The van der Waals surface area contributed by atoms with Crippen molar-refractivity contribution in [2.75, 3.05) is 7.11 Å². The minimum Gasteiger partial charge on any atom is -0.504 e. The lowest BCUT2D eigenvalue weighted by Gasteiger charge is -2.16. The number of carbonyl (C=O) groups is 2. The van der Waals surface area contributed by atoms with Crippen molar-refractivity contribution in [3.8, 4) is 11.5 Å². The highest BCUT2D eigenvalue weighted by Gasteiger charge is 2.34. The van der Waals surface area contributed by atoms with E-state index in [4.69, 9.17) is 17.0 Å². The minimum absolute atomic E-state index is 0.00712. The molecule has 1 heterocycles. The van der Waals surface area contributed by atoms with Crippen molar-refractivity contribution < 1.29 is 19.4 Å². The Hall–Kier alpha value is -2.84. The van der Waals surface area contributed by atoms with E-state index in [-0.39, 0.29) is 10.1 Å². The van der Waals surface area contributed by atoms with Gasteiger partial charge in [-0.15, -0.1) is 0 Å². The molecule has 0 bridgehead atoms. The van der Waals surface area contributed by atoms with Gasteiger partial charge in [0.25, 0.3) is 11.8 Å². The first kappa shape index (κ1) is 18.9. The third-order valence-electron chi connectivity index (χ3n) is 3.90. The van der Waals surface area contributed by atoms with Crippen LogP contribution < -0.4 is 10.2 Å². The van der Waals surface area contributed by atoms with Gasteiger partial charge in [-0.3, -0.25) is 15.0 Å². The summed E-state index contributed by atoms with van der Waals surface area (Å²) in [6, 6.07) is 11.8. The zero-order valence-electron chi connectivity index (χ0n) is 14.6. The number of nitrogens with zero attached hydrogens (tertiary/aromatic N) is 1. The van der Waals surface area contributed by atoms with Gasteiger partial charge in [0.15, 0.2) is 15.8 Å². The van der Waals surface area contributed by atoms with E-state index in [2.05, 4.69) is 5.43 Å². The van der Waals surface area contributed by atoms with Crippen LogP contribution in [0.15, 0.2) is 47.4 Å². The summed E-state index contributed by atoms with van der Waals surface area (Å²) in [6.45, 7) is 1.82. The highest BCUT2D eigenvalue weighted by molar-refractivity contribution is 8.26. The first-order valence-corrected chi connectivity index (χ1v) is 9.14. The Morgan fingerprint density at radius 1 is 1.30 bits per heavy atom. The predicted octanol–water partition coefficient (Wildman–Crippen LogP) is 3.26. The molecule has 138 valence electrons. The van der Waals surface area contributed by atoms with E-state index >= 15 is 0 Å². The van der Waals surface area contributed by atoms with E-state index in [0.29, 0.717) is 21.8 Å². The Labute approximate surface area is 165 Å². The lowest BCUT2D eigenvalue weighted by molar-refractivity contribution is -0.123. The van der Waals surface area contributed by atoms with Crippen LogP contribution in [0, 0.1) is 6.92 Å². The van der Waals surface area contributed by atoms with Crippen molar-refractivity contribution >= 4 is 46.2 Å². The number of thioether (sulfide) groups is 1. The molecule has 1 aliphatic rings. The number of hydrogen-bond acceptors (Lipinski definition) is 6. The Balaban J connectivity index is 1.81. The van der Waals surface area contributed by atoms with Gasteiger partial charge < -0.3 is 9.84 Å². The van der Waals surface area contributed by atoms with Crippen LogP contribution in [0.25, 0.3) is 6.08 Å². The molecule has 27 heavy (non-hydrogen) atoms. The van der Waals surface area contributed by atoms with Crippen LogP contribution in [0.5, 0.6) is 11.5 Å². The van der Waals surface area contributed by atoms with Crippen LogP contribution in [0.3, 0.4) is 0 Å². The maximum Gasteiger partial charge on any atom is 0.285 e. The van der Waals surface area contributed by atoms with Crippen molar-refractivity contribution in [3.63, 3.8) is 0 Å². The monoisotopic (exact) mass is 400 g/mol. The van der Waals surface area contributed by atoms with Gasteiger partial charge in [-0.25, -0.2) is 0 Å². The van der Waals surface area contributed by atoms with Crippen LogP contribution in [0.2, 0.25) is 0 Å². The molecule has 2 amide bonds. The Morgan fingerprint density at radius 3 is 2.74 bits per heavy atom. The molecular weight excluding hydrogens is 384 g/mol. The smallest absolute Gasteiger partial charge is 0.285 e. The SMILES string of the molecule is COc1cc(/C=C2\SC(=S)N(NC(=O)c3ccccc3C)C2=O)ccc1O. The number of phenols is 1. The molecule has 1 saturated heterocycles. The Bertz CT molecular complexity index is 972. The van der Waals surface area contributed by atoms with E-state index in [1.165, 1.54) is 13.2 Å². The number of aromatic hydroxyl groups is 1. The van der Waals surface area contributed by atoms with Gasteiger partial charge >= 0.3 is 0 Å². The summed E-state index contributed by atoms with van der Waals surface area (Å²) in [5.41, 5.74) is 4.49. The van der Waals surface area contributed by atoms with E-state index in [1.807, 2.05) is 19.1 Å². The molecule has 0 unspecified atom stereocenters. The third kappa shape index (κ3) is 3.96. The zero-order valence-corrected chi connectivity index (χ0v) is 16.2. The van der Waals surface area contributed by atoms with Gasteiger partial charge in [0.05, 0.1) is 12.0 Å². The molecule has 0 spiro atoms. The molecule has 0 saturated carbocycles. The fourth-order valence-electron chi connectivity index (χ4n) is 2.49. The van der Waals surface area contributed by atoms with Gasteiger partial charge in [-0.05, 0) is 54.5 Å². The Morgan fingerprint density at radius 2 is 2.04 bits per heavy atom. The zero-order chi connectivity index (χ0) is 19.6. The molecule has 1 aliphatic heterocycles. The molecule has 2 N–H and O–H groups in total. The number of rotatable bonds is 4. The second-order valence-electron chi connectivity index (χ2n) is 5.70. The first-order valence-electron chi connectivity index (χ1n) is 7.92. The van der Waals surface area contributed by atoms with Gasteiger partial charge in [0.2, 0.25) is 0 Å². The second kappa shape index (κ2) is 7.81. The average Bonchev–Trinajstić information content (AvgIpc) is 2.91. The van der Waals surface area contributed by atoms with Crippen LogP contribution in [0.4, 0.5) is 0 Å². The fraction of sp³-hybridized carbons (Fsp3) is 0.105. The number of aryl methyl sites for hydroxylation is 1. The predicted molar refractivity (Wildman–Crippen MR) is 108 cm³/mol. The van der Waals surface area contributed by atoms with Crippen LogP contribution >= 0.6 is 24.0 Å². The van der Waals surface area contributed by atoms with E-state index < -0.39 is 11.8 Å². The number of nitrogens with one attached hydrogen (secondary N) is 1. The van der Waals surface area contributed by atoms with Crippen molar-refractivity contribution in [2.45, 2.75) is 6.92 Å². The molecule has 8 heteroatoms. The molecule has 0 atom stereocenters. The molecule has 0 aromatic heterocycles. The van der Waals surface area contributed by atoms with Crippen molar-refractivity contribution in [3.05, 3.63) is 64.1 Å². The average molecular weight is 400 g/mol. The minimum atomic E-state index is -0.418. The summed E-state index contributed by atoms with van der Waals surface area (Å²) in [6.07, 6.45) is 1.63. The van der Waals surface area contributed by atoms with E-state index in [0.717, 1.165) is 22.3 Å². The normalized spacial score (nSPS) is 15.3.